The molecule has 1 aromatic carbocycles. The molecule has 0 aliphatic heterocycles. The lowest BCUT2D eigenvalue weighted by Gasteiger charge is -2.09. The van der Waals surface area contributed by atoms with Crippen molar-refractivity contribution < 1.29 is 13.2 Å². The van der Waals surface area contributed by atoms with Gasteiger partial charge in [-0.05, 0) is 43.5 Å². The van der Waals surface area contributed by atoms with E-state index in [0.717, 1.165) is 35.0 Å². The molecular formula is C13H20BrNO3S. The summed E-state index contributed by atoms with van der Waals surface area (Å²) in [5.74, 6) is 0.965. The van der Waals surface area contributed by atoms with E-state index in [2.05, 4.69) is 15.9 Å². The summed E-state index contributed by atoms with van der Waals surface area (Å²) in [6, 6.07) is 5.91. The minimum Gasteiger partial charge on any atom is -0.493 e. The highest BCUT2D eigenvalue weighted by Crippen LogP contribution is 2.22. The average molecular weight is 350 g/mol. The molecule has 0 unspecified atom stereocenters. The van der Waals surface area contributed by atoms with Gasteiger partial charge in [-0.3, -0.25) is 0 Å². The highest BCUT2D eigenvalue weighted by Gasteiger charge is 2.02. The van der Waals surface area contributed by atoms with E-state index in [-0.39, 0.29) is 5.75 Å². The van der Waals surface area contributed by atoms with Gasteiger partial charge < -0.3 is 4.74 Å². The van der Waals surface area contributed by atoms with Crippen molar-refractivity contribution in [2.45, 2.75) is 32.6 Å². The molecule has 0 spiro atoms. The number of sulfonamides is 1. The van der Waals surface area contributed by atoms with Crippen molar-refractivity contribution in [2.24, 2.45) is 5.14 Å². The molecule has 0 aromatic heterocycles. The Morgan fingerprint density at radius 3 is 2.53 bits per heavy atom. The Morgan fingerprint density at radius 2 is 1.89 bits per heavy atom. The Bertz CT molecular complexity index is 503. The molecule has 1 rings (SSSR count). The van der Waals surface area contributed by atoms with Gasteiger partial charge >= 0.3 is 0 Å². The lowest BCUT2D eigenvalue weighted by atomic mass is 10.2. The molecular weight excluding hydrogens is 330 g/mol. The zero-order valence-electron chi connectivity index (χ0n) is 11.1. The standard InChI is InChI=1S/C13H20BrNO3S/c1-11-10-12(14)6-7-13(11)18-8-4-2-3-5-9-19(15,16)17/h6-7,10H,2-5,8-9H2,1H3,(H2,15,16,17). The van der Waals surface area contributed by atoms with Crippen LogP contribution >= 0.6 is 15.9 Å². The first-order valence-electron chi connectivity index (χ1n) is 6.28. The Balaban J connectivity index is 2.14. The van der Waals surface area contributed by atoms with E-state index in [1.165, 1.54) is 0 Å². The molecule has 0 heterocycles. The SMILES string of the molecule is Cc1cc(Br)ccc1OCCCCCCS(N)(=O)=O. The van der Waals surface area contributed by atoms with Crippen LogP contribution in [0.3, 0.4) is 0 Å². The minimum absolute atomic E-state index is 0.0691. The van der Waals surface area contributed by atoms with Gasteiger partial charge in [0.1, 0.15) is 5.75 Å². The van der Waals surface area contributed by atoms with Crippen LogP contribution in [0.5, 0.6) is 5.75 Å². The molecule has 0 saturated carbocycles. The molecule has 2 N–H and O–H groups in total. The zero-order valence-corrected chi connectivity index (χ0v) is 13.5. The molecule has 0 bridgehead atoms. The number of unbranched alkanes of at least 4 members (excludes halogenated alkanes) is 3. The second-order valence-electron chi connectivity index (χ2n) is 4.54. The van der Waals surface area contributed by atoms with Crippen molar-refractivity contribution in [1.29, 1.82) is 0 Å². The van der Waals surface area contributed by atoms with Crippen LogP contribution in [0.25, 0.3) is 0 Å². The van der Waals surface area contributed by atoms with Gasteiger partial charge in [-0.15, -0.1) is 0 Å². The van der Waals surface area contributed by atoms with Crippen molar-refractivity contribution in [3.05, 3.63) is 28.2 Å². The van der Waals surface area contributed by atoms with Gasteiger partial charge in [0.15, 0.2) is 0 Å². The fraction of sp³-hybridized carbons (Fsp3) is 0.538. The van der Waals surface area contributed by atoms with Gasteiger partial charge in [0, 0.05) is 4.47 Å². The summed E-state index contributed by atoms with van der Waals surface area (Å²) in [6.45, 7) is 2.66. The molecule has 0 saturated heterocycles. The largest absolute Gasteiger partial charge is 0.493 e. The van der Waals surface area contributed by atoms with Crippen molar-refractivity contribution >= 4 is 26.0 Å². The second-order valence-corrected chi connectivity index (χ2v) is 7.19. The third kappa shape index (κ3) is 7.54. The predicted octanol–water partition coefficient (Wildman–Crippen LogP) is 2.99. The van der Waals surface area contributed by atoms with E-state index in [1.807, 2.05) is 25.1 Å². The van der Waals surface area contributed by atoms with E-state index in [9.17, 15) is 8.42 Å². The van der Waals surface area contributed by atoms with Gasteiger partial charge in [0.05, 0.1) is 12.4 Å². The number of nitrogens with two attached hydrogens (primary N) is 1. The van der Waals surface area contributed by atoms with E-state index >= 15 is 0 Å². The number of aryl methyl sites for hydroxylation is 1. The lowest BCUT2D eigenvalue weighted by molar-refractivity contribution is 0.303. The van der Waals surface area contributed by atoms with Crippen molar-refractivity contribution in [3.63, 3.8) is 0 Å². The number of hydrogen-bond donors (Lipinski definition) is 1. The van der Waals surface area contributed by atoms with Crippen LogP contribution in [0.4, 0.5) is 0 Å². The van der Waals surface area contributed by atoms with Crippen LogP contribution in [0.2, 0.25) is 0 Å². The fourth-order valence-corrected chi connectivity index (χ4v) is 2.80. The quantitative estimate of drug-likeness (QED) is 0.733. The number of halogens is 1. The molecule has 0 amide bonds. The molecule has 19 heavy (non-hydrogen) atoms. The summed E-state index contributed by atoms with van der Waals surface area (Å²) in [6.07, 6.45) is 3.35. The van der Waals surface area contributed by atoms with Crippen LogP contribution in [0.1, 0.15) is 31.2 Å². The summed E-state index contributed by atoms with van der Waals surface area (Å²) in [5.41, 5.74) is 1.10. The first-order valence-corrected chi connectivity index (χ1v) is 8.79. The molecule has 0 fully saturated rings. The molecule has 4 nitrogen and oxygen atoms in total. The molecule has 0 aliphatic rings. The van der Waals surface area contributed by atoms with Crippen LogP contribution in [0.15, 0.2) is 22.7 Å². The first kappa shape index (κ1) is 16.5. The predicted molar refractivity (Wildman–Crippen MR) is 80.8 cm³/mol. The zero-order chi connectivity index (χ0) is 14.3. The highest BCUT2D eigenvalue weighted by atomic mass is 79.9. The summed E-state index contributed by atoms with van der Waals surface area (Å²) in [7, 11) is -3.31. The lowest BCUT2D eigenvalue weighted by Crippen LogP contribution is -2.16. The number of primary sulfonamides is 1. The molecule has 0 aliphatic carbocycles. The number of ether oxygens (including phenoxy) is 1. The van der Waals surface area contributed by atoms with E-state index in [4.69, 9.17) is 9.88 Å². The Morgan fingerprint density at radius 1 is 1.21 bits per heavy atom. The van der Waals surface area contributed by atoms with E-state index in [0.29, 0.717) is 13.0 Å². The van der Waals surface area contributed by atoms with Gasteiger partial charge in [-0.1, -0.05) is 28.8 Å². The van der Waals surface area contributed by atoms with Gasteiger partial charge in [0.25, 0.3) is 0 Å². The number of benzene rings is 1. The first-order chi connectivity index (χ1) is 8.88. The van der Waals surface area contributed by atoms with Gasteiger partial charge in [0.2, 0.25) is 10.0 Å². The maximum atomic E-state index is 10.7. The third-order valence-corrected chi connectivity index (χ3v) is 4.07. The van der Waals surface area contributed by atoms with Crippen molar-refractivity contribution in [1.82, 2.24) is 0 Å². The number of hydrogen-bond acceptors (Lipinski definition) is 3. The monoisotopic (exact) mass is 349 g/mol. The summed E-state index contributed by atoms with van der Waals surface area (Å²) in [4.78, 5) is 0. The fourth-order valence-electron chi connectivity index (χ4n) is 1.72. The molecule has 108 valence electrons. The molecule has 1 aromatic rings. The van der Waals surface area contributed by atoms with E-state index < -0.39 is 10.0 Å². The summed E-state index contributed by atoms with van der Waals surface area (Å²) in [5, 5.41) is 4.92. The van der Waals surface area contributed by atoms with Crippen molar-refractivity contribution in [3.8, 4) is 5.75 Å². The van der Waals surface area contributed by atoms with Crippen LogP contribution < -0.4 is 9.88 Å². The van der Waals surface area contributed by atoms with Crippen LogP contribution in [-0.4, -0.2) is 20.8 Å². The Labute approximate surface area is 123 Å². The van der Waals surface area contributed by atoms with E-state index in [1.54, 1.807) is 0 Å². The topological polar surface area (TPSA) is 69.4 Å². The third-order valence-electron chi connectivity index (χ3n) is 2.72. The van der Waals surface area contributed by atoms with Crippen LogP contribution in [-0.2, 0) is 10.0 Å². The normalized spacial score (nSPS) is 11.5. The minimum atomic E-state index is -3.31. The van der Waals surface area contributed by atoms with Gasteiger partial charge in [-0.25, -0.2) is 13.6 Å². The molecule has 0 radical (unpaired) electrons. The smallest absolute Gasteiger partial charge is 0.209 e. The number of rotatable bonds is 8. The average Bonchev–Trinajstić information content (AvgIpc) is 2.29. The summed E-state index contributed by atoms with van der Waals surface area (Å²) < 4.78 is 28.2. The Hall–Kier alpha value is -0.590. The maximum absolute atomic E-state index is 10.7. The highest BCUT2D eigenvalue weighted by molar-refractivity contribution is 9.10. The second kappa shape index (κ2) is 7.87. The molecule has 0 atom stereocenters. The summed E-state index contributed by atoms with van der Waals surface area (Å²) >= 11 is 3.41. The van der Waals surface area contributed by atoms with Gasteiger partial charge in [-0.2, -0.15) is 0 Å². The van der Waals surface area contributed by atoms with Crippen LogP contribution in [0, 0.1) is 6.92 Å². The maximum Gasteiger partial charge on any atom is 0.209 e. The Kier molecular flexibility index (Phi) is 6.82. The molecule has 6 heteroatoms. The van der Waals surface area contributed by atoms with Crippen molar-refractivity contribution in [2.75, 3.05) is 12.4 Å².